The molecule has 1 aromatic rings. The second-order valence-electron chi connectivity index (χ2n) is 5.64. The van der Waals surface area contributed by atoms with Crippen LogP contribution in [0.25, 0.3) is 0 Å². The Labute approximate surface area is 137 Å². The van der Waals surface area contributed by atoms with Crippen LogP contribution in [0.4, 0.5) is 4.79 Å². The maximum atomic E-state index is 11.6. The number of aliphatic hydroxyl groups excluding tert-OH is 1. The summed E-state index contributed by atoms with van der Waals surface area (Å²) >= 11 is 0. The number of hydrogen-bond acceptors (Lipinski definition) is 5. The fourth-order valence-corrected chi connectivity index (χ4v) is 2.57. The maximum Gasteiger partial charge on any atom is 0.409 e. The van der Waals surface area contributed by atoms with E-state index in [1.807, 2.05) is 30.3 Å². The summed E-state index contributed by atoms with van der Waals surface area (Å²) in [6, 6.07) is 9.91. The van der Waals surface area contributed by atoms with E-state index in [-0.39, 0.29) is 6.09 Å². The third-order valence-corrected chi connectivity index (χ3v) is 3.79. The van der Waals surface area contributed by atoms with Crippen molar-refractivity contribution < 1.29 is 19.4 Å². The largest absolute Gasteiger partial charge is 0.450 e. The molecule has 1 aliphatic rings. The summed E-state index contributed by atoms with van der Waals surface area (Å²) in [6.45, 7) is 6.35. The van der Waals surface area contributed by atoms with E-state index in [0.717, 1.165) is 18.7 Å². The van der Waals surface area contributed by atoms with E-state index >= 15 is 0 Å². The van der Waals surface area contributed by atoms with Crippen LogP contribution in [0, 0.1) is 0 Å². The molecule has 1 saturated heterocycles. The normalized spacial score (nSPS) is 17.0. The average molecular weight is 322 g/mol. The highest BCUT2D eigenvalue weighted by molar-refractivity contribution is 5.67. The molecule has 23 heavy (non-hydrogen) atoms. The van der Waals surface area contributed by atoms with E-state index in [2.05, 4.69) is 4.90 Å². The molecule has 0 spiro atoms. The number of benzene rings is 1. The molecule has 0 radical (unpaired) electrons. The van der Waals surface area contributed by atoms with Crippen molar-refractivity contribution in [3.8, 4) is 0 Å². The SMILES string of the molecule is CCOC(=O)N1CCN(C[C@H](O)COCc2ccccc2)CC1. The van der Waals surface area contributed by atoms with Gasteiger partial charge in [0.2, 0.25) is 0 Å². The first-order valence-electron chi connectivity index (χ1n) is 8.13. The van der Waals surface area contributed by atoms with E-state index in [1.54, 1.807) is 11.8 Å². The van der Waals surface area contributed by atoms with Gasteiger partial charge in [-0.1, -0.05) is 30.3 Å². The van der Waals surface area contributed by atoms with Gasteiger partial charge >= 0.3 is 6.09 Å². The Balaban J connectivity index is 1.61. The molecule has 1 heterocycles. The fraction of sp³-hybridized carbons (Fsp3) is 0.588. The van der Waals surface area contributed by atoms with Crippen LogP contribution in [-0.2, 0) is 16.1 Å². The summed E-state index contributed by atoms with van der Waals surface area (Å²) in [7, 11) is 0. The van der Waals surface area contributed by atoms with E-state index in [4.69, 9.17) is 9.47 Å². The number of nitrogens with zero attached hydrogens (tertiary/aromatic N) is 2. The summed E-state index contributed by atoms with van der Waals surface area (Å²) in [5.74, 6) is 0. The third kappa shape index (κ3) is 6.17. The van der Waals surface area contributed by atoms with Crippen LogP contribution in [0.3, 0.4) is 0 Å². The number of rotatable bonds is 7. The smallest absolute Gasteiger partial charge is 0.409 e. The number of β-amino-alcohol motifs (C(OH)–C–C–N with tert-alkyl or cyclic N) is 1. The second kappa shape index (κ2) is 9.50. The minimum atomic E-state index is -0.521. The quantitative estimate of drug-likeness (QED) is 0.821. The Kier molecular flexibility index (Phi) is 7.32. The van der Waals surface area contributed by atoms with Crippen LogP contribution in [0.15, 0.2) is 30.3 Å². The molecule has 0 unspecified atom stereocenters. The van der Waals surface area contributed by atoms with Gasteiger partial charge in [0, 0.05) is 32.7 Å². The summed E-state index contributed by atoms with van der Waals surface area (Å²) in [6.07, 6.45) is -0.772. The first kappa shape index (κ1) is 17.7. The summed E-state index contributed by atoms with van der Waals surface area (Å²) in [4.78, 5) is 15.5. The zero-order valence-corrected chi connectivity index (χ0v) is 13.7. The molecule has 128 valence electrons. The van der Waals surface area contributed by atoms with Crippen molar-refractivity contribution >= 4 is 6.09 Å². The maximum absolute atomic E-state index is 11.6. The Morgan fingerprint density at radius 1 is 1.22 bits per heavy atom. The summed E-state index contributed by atoms with van der Waals surface area (Å²) in [5, 5.41) is 10.1. The van der Waals surface area contributed by atoms with Gasteiger partial charge in [-0.2, -0.15) is 0 Å². The molecule has 0 saturated carbocycles. The molecule has 1 fully saturated rings. The molecule has 1 atom stereocenters. The van der Waals surface area contributed by atoms with Gasteiger partial charge in [0.25, 0.3) is 0 Å². The minimum Gasteiger partial charge on any atom is -0.450 e. The molecule has 0 bridgehead atoms. The molecule has 1 N–H and O–H groups in total. The predicted molar refractivity (Wildman–Crippen MR) is 87.1 cm³/mol. The van der Waals surface area contributed by atoms with Gasteiger partial charge in [0.15, 0.2) is 0 Å². The number of amides is 1. The number of piperazine rings is 1. The topological polar surface area (TPSA) is 62.2 Å². The highest BCUT2D eigenvalue weighted by atomic mass is 16.6. The van der Waals surface area contributed by atoms with Crippen LogP contribution >= 0.6 is 0 Å². The lowest BCUT2D eigenvalue weighted by molar-refractivity contribution is 0.00120. The number of carbonyl (C=O) groups excluding carboxylic acids is 1. The minimum absolute atomic E-state index is 0.251. The lowest BCUT2D eigenvalue weighted by Gasteiger charge is -2.34. The van der Waals surface area contributed by atoms with E-state index in [9.17, 15) is 9.90 Å². The van der Waals surface area contributed by atoms with Crippen LogP contribution < -0.4 is 0 Å². The number of ether oxygens (including phenoxy) is 2. The Morgan fingerprint density at radius 2 is 1.91 bits per heavy atom. The molecule has 0 aromatic heterocycles. The first-order valence-corrected chi connectivity index (χ1v) is 8.13. The molecular weight excluding hydrogens is 296 g/mol. The van der Waals surface area contributed by atoms with Gasteiger partial charge in [-0.3, -0.25) is 4.90 Å². The van der Waals surface area contributed by atoms with Gasteiger partial charge < -0.3 is 19.5 Å². The number of aliphatic hydroxyl groups is 1. The lowest BCUT2D eigenvalue weighted by atomic mass is 10.2. The third-order valence-electron chi connectivity index (χ3n) is 3.79. The number of hydrogen-bond donors (Lipinski definition) is 1. The Hall–Kier alpha value is -1.63. The van der Waals surface area contributed by atoms with Gasteiger partial charge in [0.05, 0.1) is 25.9 Å². The van der Waals surface area contributed by atoms with Crippen molar-refractivity contribution in [1.82, 2.24) is 9.80 Å². The van der Waals surface area contributed by atoms with Crippen LogP contribution in [-0.4, -0.2) is 73.0 Å². The molecule has 0 aliphatic carbocycles. The molecule has 1 aromatic carbocycles. The van der Waals surface area contributed by atoms with Crippen LogP contribution in [0.5, 0.6) is 0 Å². The monoisotopic (exact) mass is 322 g/mol. The zero-order valence-electron chi connectivity index (χ0n) is 13.7. The highest BCUT2D eigenvalue weighted by Gasteiger charge is 2.23. The van der Waals surface area contributed by atoms with Crippen molar-refractivity contribution in [3.05, 3.63) is 35.9 Å². The Morgan fingerprint density at radius 3 is 2.57 bits per heavy atom. The molecule has 6 nitrogen and oxygen atoms in total. The second-order valence-corrected chi connectivity index (χ2v) is 5.64. The van der Waals surface area contributed by atoms with E-state index < -0.39 is 6.10 Å². The van der Waals surface area contributed by atoms with Crippen molar-refractivity contribution in [1.29, 1.82) is 0 Å². The van der Waals surface area contributed by atoms with E-state index in [1.165, 1.54) is 0 Å². The average Bonchev–Trinajstić information content (AvgIpc) is 2.57. The van der Waals surface area contributed by atoms with Gasteiger partial charge in [-0.15, -0.1) is 0 Å². The van der Waals surface area contributed by atoms with Crippen LogP contribution in [0.2, 0.25) is 0 Å². The Bertz CT molecular complexity index is 461. The molecule has 1 amide bonds. The molecule has 6 heteroatoms. The van der Waals surface area contributed by atoms with Crippen molar-refractivity contribution in [2.45, 2.75) is 19.6 Å². The molecule has 1 aliphatic heterocycles. The van der Waals surface area contributed by atoms with Crippen LogP contribution in [0.1, 0.15) is 12.5 Å². The van der Waals surface area contributed by atoms with Gasteiger partial charge in [-0.25, -0.2) is 4.79 Å². The van der Waals surface area contributed by atoms with Crippen molar-refractivity contribution in [3.63, 3.8) is 0 Å². The number of carbonyl (C=O) groups is 1. The van der Waals surface area contributed by atoms with Crippen molar-refractivity contribution in [2.24, 2.45) is 0 Å². The van der Waals surface area contributed by atoms with Gasteiger partial charge in [0.1, 0.15) is 0 Å². The molecular formula is C17H26N2O4. The highest BCUT2D eigenvalue weighted by Crippen LogP contribution is 2.06. The van der Waals surface area contributed by atoms with Gasteiger partial charge in [-0.05, 0) is 12.5 Å². The van der Waals surface area contributed by atoms with E-state index in [0.29, 0.717) is 39.5 Å². The lowest BCUT2D eigenvalue weighted by Crippen LogP contribution is -2.50. The fourth-order valence-electron chi connectivity index (χ4n) is 2.57. The zero-order chi connectivity index (χ0) is 16.5. The summed E-state index contributed by atoms with van der Waals surface area (Å²) in [5.41, 5.74) is 1.10. The standard InChI is InChI=1S/C17H26N2O4/c1-2-23-17(21)19-10-8-18(9-11-19)12-16(20)14-22-13-15-6-4-3-5-7-15/h3-7,16,20H,2,8-14H2,1H3/t16-/m0/s1. The predicted octanol–water partition coefficient (Wildman–Crippen LogP) is 1.34. The summed E-state index contributed by atoms with van der Waals surface area (Å²) < 4.78 is 10.5. The molecule has 2 rings (SSSR count). The van der Waals surface area contributed by atoms with Crippen molar-refractivity contribution in [2.75, 3.05) is 45.9 Å². The first-order chi connectivity index (χ1) is 11.2.